The number of carbonyl (C=O) groups is 1. The molecular formula is C27H32O4. The first-order chi connectivity index (χ1) is 15.0. The van der Waals surface area contributed by atoms with E-state index >= 15 is 0 Å². The molecule has 6 rings (SSSR count). The highest BCUT2D eigenvalue weighted by atomic mass is 16.7. The highest BCUT2D eigenvalue weighted by Crippen LogP contribution is 2.62. The molecule has 1 saturated heterocycles. The number of methoxy groups -OCH3 is 1. The summed E-state index contributed by atoms with van der Waals surface area (Å²) in [6.07, 6.45) is 11.6. The van der Waals surface area contributed by atoms with Crippen LogP contribution in [0.3, 0.4) is 0 Å². The van der Waals surface area contributed by atoms with Crippen LogP contribution in [0.15, 0.2) is 48.1 Å². The topological polar surface area (TPSA) is 44.8 Å². The lowest BCUT2D eigenvalue weighted by Gasteiger charge is -2.55. The van der Waals surface area contributed by atoms with Gasteiger partial charge in [0.15, 0.2) is 11.6 Å². The monoisotopic (exact) mass is 420 g/mol. The maximum Gasteiger partial charge on any atom is 0.172 e. The van der Waals surface area contributed by atoms with Crippen LogP contribution in [0.5, 0.6) is 5.75 Å². The standard InChI is InChI=1S/C27H32O4/c1-26-12-11-21-20(23(26)9-10-24(26)28)8-5-18-15-27(30-13-14-31-27)16-22(25(18)21)17-3-6-19(29-2)7-4-17/h3-7,9-10,20-23,25H,8,11-16H2,1-2H3/t20-,21+,22+,23+,25+,26+/m1/s1. The second kappa shape index (κ2) is 7.05. The maximum absolute atomic E-state index is 12.7. The molecule has 4 aliphatic carbocycles. The predicted molar refractivity (Wildman–Crippen MR) is 118 cm³/mol. The van der Waals surface area contributed by atoms with Crippen LogP contribution in [0.25, 0.3) is 0 Å². The van der Waals surface area contributed by atoms with Crippen LogP contribution in [0, 0.1) is 29.1 Å². The van der Waals surface area contributed by atoms with E-state index in [9.17, 15) is 4.79 Å². The van der Waals surface area contributed by atoms with Gasteiger partial charge in [0.05, 0.1) is 20.3 Å². The fourth-order valence-electron chi connectivity index (χ4n) is 7.56. The molecule has 1 aromatic carbocycles. The Kier molecular flexibility index (Phi) is 4.49. The van der Waals surface area contributed by atoms with E-state index < -0.39 is 5.79 Å². The van der Waals surface area contributed by atoms with Gasteiger partial charge < -0.3 is 14.2 Å². The molecule has 0 radical (unpaired) electrons. The van der Waals surface area contributed by atoms with E-state index in [2.05, 4.69) is 43.3 Å². The van der Waals surface area contributed by atoms with Crippen LogP contribution in [-0.4, -0.2) is 31.9 Å². The highest BCUT2D eigenvalue weighted by Gasteiger charge is 2.57. The number of hydrogen-bond donors (Lipinski definition) is 0. The van der Waals surface area contributed by atoms with Crippen LogP contribution >= 0.6 is 0 Å². The van der Waals surface area contributed by atoms with Crippen molar-refractivity contribution in [1.29, 1.82) is 0 Å². The molecule has 164 valence electrons. The Morgan fingerprint density at radius 2 is 1.87 bits per heavy atom. The number of benzene rings is 1. The van der Waals surface area contributed by atoms with Gasteiger partial charge in [0.25, 0.3) is 0 Å². The molecule has 1 spiro atoms. The van der Waals surface area contributed by atoms with Gasteiger partial charge in [-0.1, -0.05) is 36.8 Å². The molecule has 0 N–H and O–H groups in total. The molecule has 1 aliphatic heterocycles. The van der Waals surface area contributed by atoms with Gasteiger partial charge in [-0.3, -0.25) is 4.79 Å². The normalized spacial score (nSPS) is 40.3. The lowest BCUT2D eigenvalue weighted by molar-refractivity contribution is -0.180. The lowest BCUT2D eigenvalue weighted by atomic mass is 9.50. The number of rotatable bonds is 2. The van der Waals surface area contributed by atoms with E-state index in [0.717, 1.165) is 37.9 Å². The molecule has 4 nitrogen and oxygen atoms in total. The van der Waals surface area contributed by atoms with Gasteiger partial charge in [-0.25, -0.2) is 0 Å². The predicted octanol–water partition coefficient (Wildman–Crippen LogP) is 5.05. The number of allylic oxidation sites excluding steroid dienone is 3. The SMILES string of the molecule is COc1ccc([C@@H]2CC3(CC4=CC[C@@H]5[C@H](CC[C@]6(C)C(=O)C=C[C@@H]56)[C@H]42)OCCO3)cc1. The zero-order valence-corrected chi connectivity index (χ0v) is 18.5. The summed E-state index contributed by atoms with van der Waals surface area (Å²) in [5.74, 6) is 3.17. The third-order valence-electron chi connectivity index (χ3n) is 9.10. The first kappa shape index (κ1) is 19.8. The molecule has 6 atom stereocenters. The number of ketones is 1. The quantitative estimate of drug-likeness (QED) is 0.628. The highest BCUT2D eigenvalue weighted by molar-refractivity contribution is 5.97. The van der Waals surface area contributed by atoms with Crippen molar-refractivity contribution < 1.29 is 19.0 Å². The molecule has 1 aromatic rings. The van der Waals surface area contributed by atoms with Crippen LogP contribution < -0.4 is 4.74 Å². The minimum Gasteiger partial charge on any atom is -0.497 e. The Labute approximate surface area is 184 Å². The number of carbonyl (C=O) groups excluding carboxylic acids is 1. The number of hydrogen-bond acceptors (Lipinski definition) is 4. The fraction of sp³-hybridized carbons (Fsp3) is 0.593. The first-order valence-electron chi connectivity index (χ1n) is 11.9. The first-order valence-corrected chi connectivity index (χ1v) is 11.9. The Bertz CT molecular complexity index is 938. The van der Waals surface area contributed by atoms with Crippen LogP contribution in [-0.2, 0) is 14.3 Å². The van der Waals surface area contributed by atoms with Gasteiger partial charge in [0.1, 0.15) is 5.75 Å². The minimum absolute atomic E-state index is 0.185. The Morgan fingerprint density at radius 1 is 1.10 bits per heavy atom. The second-order valence-corrected chi connectivity index (χ2v) is 10.4. The molecule has 5 aliphatic rings. The molecule has 2 saturated carbocycles. The van der Waals surface area contributed by atoms with Gasteiger partial charge in [-0.2, -0.15) is 0 Å². The van der Waals surface area contributed by atoms with Gasteiger partial charge in [0, 0.05) is 18.3 Å². The molecule has 3 fully saturated rings. The minimum atomic E-state index is -0.466. The molecule has 0 unspecified atom stereocenters. The summed E-state index contributed by atoms with van der Waals surface area (Å²) in [6, 6.07) is 8.61. The maximum atomic E-state index is 12.7. The zero-order valence-electron chi connectivity index (χ0n) is 18.5. The van der Waals surface area contributed by atoms with E-state index in [1.54, 1.807) is 7.11 Å². The molecule has 0 amide bonds. The van der Waals surface area contributed by atoms with Crippen molar-refractivity contribution in [3.05, 3.63) is 53.6 Å². The third kappa shape index (κ3) is 2.91. The van der Waals surface area contributed by atoms with Crippen molar-refractivity contribution in [3.63, 3.8) is 0 Å². The van der Waals surface area contributed by atoms with Crippen molar-refractivity contribution >= 4 is 5.78 Å². The molecule has 0 bridgehead atoms. The van der Waals surface area contributed by atoms with Crippen molar-refractivity contribution in [2.75, 3.05) is 20.3 Å². The van der Waals surface area contributed by atoms with E-state index in [0.29, 0.717) is 48.6 Å². The summed E-state index contributed by atoms with van der Waals surface area (Å²) in [4.78, 5) is 12.7. The summed E-state index contributed by atoms with van der Waals surface area (Å²) in [6.45, 7) is 3.58. The molecular weight excluding hydrogens is 388 g/mol. The van der Waals surface area contributed by atoms with Gasteiger partial charge in [-0.05, 0) is 72.6 Å². The van der Waals surface area contributed by atoms with Crippen LogP contribution in [0.2, 0.25) is 0 Å². The smallest absolute Gasteiger partial charge is 0.172 e. The van der Waals surface area contributed by atoms with Crippen molar-refractivity contribution in [3.8, 4) is 5.75 Å². The van der Waals surface area contributed by atoms with E-state index in [1.165, 1.54) is 11.1 Å². The lowest BCUT2D eigenvalue weighted by Crippen LogP contribution is -2.50. The molecule has 31 heavy (non-hydrogen) atoms. The Hall–Kier alpha value is -1.91. The van der Waals surface area contributed by atoms with Crippen LogP contribution in [0.1, 0.15) is 50.5 Å². The summed E-state index contributed by atoms with van der Waals surface area (Å²) in [5, 5.41) is 0. The molecule has 1 heterocycles. The second-order valence-electron chi connectivity index (χ2n) is 10.4. The van der Waals surface area contributed by atoms with Crippen molar-refractivity contribution in [2.45, 2.75) is 50.7 Å². The summed E-state index contributed by atoms with van der Waals surface area (Å²) in [7, 11) is 1.72. The fourth-order valence-corrected chi connectivity index (χ4v) is 7.56. The Balaban J connectivity index is 1.40. The van der Waals surface area contributed by atoms with E-state index in [-0.39, 0.29) is 5.41 Å². The third-order valence-corrected chi connectivity index (χ3v) is 9.10. The summed E-state index contributed by atoms with van der Waals surface area (Å²) in [5.41, 5.74) is 2.68. The number of ether oxygens (including phenoxy) is 3. The zero-order chi connectivity index (χ0) is 21.2. The van der Waals surface area contributed by atoms with Gasteiger partial charge in [0.2, 0.25) is 0 Å². The van der Waals surface area contributed by atoms with Gasteiger partial charge >= 0.3 is 0 Å². The van der Waals surface area contributed by atoms with Gasteiger partial charge in [-0.15, -0.1) is 0 Å². The average Bonchev–Trinajstić information content (AvgIpc) is 3.37. The van der Waals surface area contributed by atoms with E-state index in [4.69, 9.17) is 14.2 Å². The molecule has 0 aromatic heterocycles. The van der Waals surface area contributed by atoms with Crippen LogP contribution in [0.4, 0.5) is 0 Å². The summed E-state index contributed by atoms with van der Waals surface area (Å²) < 4.78 is 17.8. The molecule has 4 heteroatoms. The van der Waals surface area contributed by atoms with Crippen molar-refractivity contribution in [1.82, 2.24) is 0 Å². The Morgan fingerprint density at radius 3 is 2.61 bits per heavy atom. The van der Waals surface area contributed by atoms with Crippen molar-refractivity contribution in [2.24, 2.45) is 29.1 Å². The average molecular weight is 421 g/mol. The number of fused-ring (bicyclic) bond motifs is 5. The van der Waals surface area contributed by atoms with E-state index in [1.807, 2.05) is 6.08 Å². The summed E-state index contributed by atoms with van der Waals surface area (Å²) >= 11 is 0. The largest absolute Gasteiger partial charge is 0.497 e.